The van der Waals surface area contributed by atoms with Crippen molar-refractivity contribution in [3.05, 3.63) is 92.9 Å². The van der Waals surface area contributed by atoms with Crippen LogP contribution in [0.1, 0.15) is 18.1 Å². The lowest BCUT2D eigenvalue weighted by molar-refractivity contribution is -0.127. The Kier molecular flexibility index (Phi) is 8.18. The van der Waals surface area contributed by atoms with Gasteiger partial charge in [-0.2, -0.15) is 5.10 Å². The van der Waals surface area contributed by atoms with Crippen LogP contribution in [0.25, 0.3) is 0 Å². The number of nitrogens with zero attached hydrogens (tertiary/aromatic N) is 1. The van der Waals surface area contributed by atoms with Crippen LogP contribution in [0.3, 0.4) is 0 Å². The van der Waals surface area contributed by atoms with Crippen LogP contribution in [-0.4, -0.2) is 18.2 Å². The van der Waals surface area contributed by atoms with E-state index >= 15 is 0 Å². The van der Waals surface area contributed by atoms with Crippen molar-refractivity contribution < 1.29 is 14.3 Å². The molecule has 0 aliphatic rings. The highest BCUT2D eigenvalue weighted by atomic mass is 35.5. The van der Waals surface area contributed by atoms with E-state index in [1.54, 1.807) is 25.1 Å². The molecular weight excluding hydrogens is 459 g/mol. The van der Waals surface area contributed by atoms with Gasteiger partial charge in [0.2, 0.25) is 0 Å². The molecule has 1 amide bonds. The van der Waals surface area contributed by atoms with Crippen molar-refractivity contribution in [2.45, 2.75) is 19.6 Å². The number of carbonyl (C=O) groups is 1. The summed E-state index contributed by atoms with van der Waals surface area (Å²) >= 11 is 17.8. The molecule has 0 saturated carbocycles. The summed E-state index contributed by atoms with van der Waals surface area (Å²) in [6.07, 6.45) is 0.722. The Morgan fingerprint density at radius 1 is 1.03 bits per heavy atom. The predicted molar refractivity (Wildman–Crippen MR) is 125 cm³/mol. The van der Waals surface area contributed by atoms with Gasteiger partial charge in [-0.15, -0.1) is 0 Å². The Labute approximate surface area is 195 Å². The van der Waals surface area contributed by atoms with Gasteiger partial charge in [-0.1, -0.05) is 59.1 Å². The molecule has 3 aromatic rings. The van der Waals surface area contributed by atoms with Crippen LogP contribution >= 0.6 is 34.8 Å². The van der Waals surface area contributed by atoms with Gasteiger partial charge in [-0.25, -0.2) is 5.43 Å². The van der Waals surface area contributed by atoms with Crippen molar-refractivity contribution in [2.75, 3.05) is 0 Å². The number of amides is 1. The summed E-state index contributed by atoms with van der Waals surface area (Å²) in [5.74, 6) is 0.625. The molecule has 0 fully saturated rings. The van der Waals surface area contributed by atoms with Crippen molar-refractivity contribution in [3.8, 4) is 11.5 Å². The van der Waals surface area contributed by atoms with Gasteiger partial charge in [0, 0.05) is 10.0 Å². The molecule has 0 aliphatic heterocycles. The van der Waals surface area contributed by atoms with Gasteiger partial charge in [0.1, 0.15) is 18.1 Å². The molecular formula is C23H19Cl3N2O3. The zero-order chi connectivity index (χ0) is 22.2. The van der Waals surface area contributed by atoms with Crippen LogP contribution in [0.2, 0.25) is 15.1 Å². The molecule has 1 N–H and O–H groups in total. The maximum Gasteiger partial charge on any atom is 0.280 e. The van der Waals surface area contributed by atoms with E-state index in [0.717, 1.165) is 11.1 Å². The smallest absolute Gasteiger partial charge is 0.280 e. The fourth-order valence-electron chi connectivity index (χ4n) is 2.51. The highest BCUT2D eigenvalue weighted by molar-refractivity contribution is 6.35. The molecule has 0 unspecified atom stereocenters. The van der Waals surface area contributed by atoms with Crippen LogP contribution in [0.5, 0.6) is 11.5 Å². The van der Waals surface area contributed by atoms with Crippen LogP contribution in [-0.2, 0) is 11.4 Å². The molecule has 0 radical (unpaired) electrons. The van der Waals surface area contributed by atoms with Crippen molar-refractivity contribution >= 4 is 46.9 Å². The van der Waals surface area contributed by atoms with Crippen LogP contribution < -0.4 is 14.9 Å². The standard InChI is InChI=1S/C23H19Cl3N2O3/c1-15(31-22-10-9-19(25)12-21(22)26)23(29)28-27-13-17-3-2-4-20(11-17)30-14-16-5-7-18(24)8-6-16/h2-13,15H,14H2,1H3,(H,28,29)/b27-13-/t15-/m0/s1. The van der Waals surface area contributed by atoms with Crippen molar-refractivity contribution in [3.63, 3.8) is 0 Å². The summed E-state index contributed by atoms with van der Waals surface area (Å²) in [4.78, 5) is 12.2. The third-order valence-electron chi connectivity index (χ3n) is 4.13. The van der Waals surface area contributed by atoms with Crippen LogP contribution in [0.4, 0.5) is 0 Å². The second kappa shape index (κ2) is 11.0. The fourth-order valence-corrected chi connectivity index (χ4v) is 3.09. The van der Waals surface area contributed by atoms with Crippen molar-refractivity contribution in [1.29, 1.82) is 0 Å². The van der Waals surface area contributed by atoms with Gasteiger partial charge in [-0.05, 0) is 60.5 Å². The van der Waals surface area contributed by atoms with Gasteiger partial charge in [0.05, 0.1) is 11.2 Å². The fraction of sp³-hybridized carbons (Fsp3) is 0.130. The number of ether oxygens (including phenoxy) is 2. The molecule has 0 heterocycles. The van der Waals surface area contributed by atoms with E-state index in [1.807, 2.05) is 48.5 Å². The topological polar surface area (TPSA) is 59.9 Å². The van der Waals surface area contributed by atoms with E-state index in [9.17, 15) is 4.79 Å². The first-order chi connectivity index (χ1) is 14.9. The van der Waals surface area contributed by atoms with Gasteiger partial charge < -0.3 is 9.47 Å². The number of benzene rings is 3. The molecule has 1 atom stereocenters. The third kappa shape index (κ3) is 7.17. The van der Waals surface area contributed by atoms with Gasteiger partial charge >= 0.3 is 0 Å². The maximum atomic E-state index is 12.2. The summed E-state index contributed by atoms with van der Waals surface area (Å²) in [7, 11) is 0. The lowest BCUT2D eigenvalue weighted by Gasteiger charge is -2.14. The number of hydrogen-bond acceptors (Lipinski definition) is 4. The average Bonchev–Trinajstić information content (AvgIpc) is 2.75. The van der Waals surface area contributed by atoms with Gasteiger partial charge in [0.15, 0.2) is 6.10 Å². The second-order valence-corrected chi connectivity index (χ2v) is 7.84. The molecule has 0 aromatic heterocycles. The molecule has 3 aromatic carbocycles. The number of halogens is 3. The van der Waals surface area contributed by atoms with Crippen LogP contribution in [0.15, 0.2) is 71.8 Å². The quantitative estimate of drug-likeness (QED) is 0.313. The zero-order valence-electron chi connectivity index (χ0n) is 16.5. The Bertz CT molecular complexity index is 1070. The summed E-state index contributed by atoms with van der Waals surface area (Å²) < 4.78 is 11.4. The lowest BCUT2D eigenvalue weighted by atomic mass is 10.2. The lowest BCUT2D eigenvalue weighted by Crippen LogP contribution is -2.33. The summed E-state index contributed by atoms with van der Waals surface area (Å²) in [5.41, 5.74) is 4.22. The van der Waals surface area contributed by atoms with Crippen LogP contribution in [0, 0.1) is 0 Å². The Morgan fingerprint density at radius 3 is 2.52 bits per heavy atom. The number of hydrazone groups is 1. The third-order valence-corrected chi connectivity index (χ3v) is 4.91. The highest BCUT2D eigenvalue weighted by Gasteiger charge is 2.15. The van der Waals surface area contributed by atoms with Gasteiger partial charge in [-0.3, -0.25) is 4.79 Å². The molecule has 160 valence electrons. The summed E-state index contributed by atoms with van der Waals surface area (Å²) in [5, 5.41) is 5.47. The summed E-state index contributed by atoms with van der Waals surface area (Å²) in [6, 6.07) is 19.6. The average molecular weight is 478 g/mol. The SMILES string of the molecule is C[C@H](Oc1ccc(Cl)cc1Cl)C(=O)N/N=C\c1cccc(OCc2ccc(Cl)cc2)c1. The van der Waals surface area contributed by atoms with E-state index in [-0.39, 0.29) is 0 Å². The largest absolute Gasteiger partial charge is 0.489 e. The minimum absolute atomic E-state index is 0.325. The number of nitrogens with one attached hydrogen (secondary N) is 1. The second-order valence-electron chi connectivity index (χ2n) is 6.56. The van der Waals surface area contributed by atoms with E-state index in [2.05, 4.69) is 10.5 Å². The number of rotatable bonds is 8. The Balaban J connectivity index is 1.52. The normalized spacial score (nSPS) is 11.9. The summed E-state index contributed by atoms with van der Waals surface area (Å²) in [6.45, 7) is 2.01. The number of carbonyl (C=O) groups excluding carboxylic acids is 1. The molecule has 5 nitrogen and oxygen atoms in total. The molecule has 0 aliphatic carbocycles. The zero-order valence-corrected chi connectivity index (χ0v) is 18.8. The van der Waals surface area contributed by atoms with E-state index in [4.69, 9.17) is 44.3 Å². The van der Waals surface area contributed by atoms with Crippen molar-refractivity contribution in [2.24, 2.45) is 5.10 Å². The first-order valence-corrected chi connectivity index (χ1v) is 10.5. The van der Waals surface area contributed by atoms with E-state index < -0.39 is 12.0 Å². The Hall–Kier alpha value is -2.73. The molecule has 8 heteroatoms. The minimum atomic E-state index is -0.801. The van der Waals surface area contributed by atoms with Crippen molar-refractivity contribution in [1.82, 2.24) is 5.43 Å². The first-order valence-electron chi connectivity index (χ1n) is 9.32. The first kappa shape index (κ1) is 22.9. The molecule has 0 bridgehead atoms. The van der Waals surface area contributed by atoms with Gasteiger partial charge in [0.25, 0.3) is 5.91 Å². The predicted octanol–water partition coefficient (Wildman–Crippen LogP) is 6.14. The number of hydrogen-bond donors (Lipinski definition) is 1. The molecule has 0 spiro atoms. The molecule has 3 rings (SSSR count). The van der Waals surface area contributed by atoms with E-state index in [0.29, 0.717) is 33.2 Å². The molecule has 0 saturated heterocycles. The van der Waals surface area contributed by atoms with E-state index in [1.165, 1.54) is 6.21 Å². The minimum Gasteiger partial charge on any atom is -0.489 e. The Morgan fingerprint density at radius 2 is 1.77 bits per heavy atom. The molecule has 31 heavy (non-hydrogen) atoms. The highest BCUT2D eigenvalue weighted by Crippen LogP contribution is 2.28. The monoisotopic (exact) mass is 476 g/mol. The maximum absolute atomic E-state index is 12.2.